The SMILES string of the molecule is O=S1CS(=O)O[N-]O1. The number of hydrogen-bond acceptors (Lipinski definition) is 4. The fourth-order valence-electron chi connectivity index (χ4n) is 0.202. The molecule has 0 spiro atoms. The molecular weight excluding hydrogens is 154 g/mol. The van der Waals surface area contributed by atoms with Gasteiger partial charge in [-0.25, -0.2) is 8.42 Å². The highest BCUT2D eigenvalue weighted by Gasteiger charge is 2.05. The van der Waals surface area contributed by atoms with Crippen molar-refractivity contribution in [2.24, 2.45) is 0 Å². The van der Waals surface area contributed by atoms with E-state index in [0.29, 0.717) is 0 Å². The summed E-state index contributed by atoms with van der Waals surface area (Å²) < 4.78 is 28.5. The van der Waals surface area contributed by atoms with Crippen LogP contribution in [0.4, 0.5) is 0 Å². The molecule has 48 valence electrons. The minimum absolute atomic E-state index is 0.122. The Morgan fingerprint density at radius 1 is 1.25 bits per heavy atom. The normalized spacial score (nSPS) is 39.5. The lowest BCUT2D eigenvalue weighted by Gasteiger charge is -2.23. The first-order valence-electron chi connectivity index (χ1n) is 1.61. The topological polar surface area (TPSA) is 66.7 Å². The third-order valence-corrected chi connectivity index (χ3v) is 2.41. The van der Waals surface area contributed by atoms with Crippen molar-refractivity contribution in [3.05, 3.63) is 5.64 Å². The predicted molar refractivity (Wildman–Crippen MR) is 26.7 cm³/mol. The van der Waals surface area contributed by atoms with Gasteiger partial charge in [0, 0.05) is 0 Å². The summed E-state index contributed by atoms with van der Waals surface area (Å²) in [4.78, 5) is 0. The summed E-state index contributed by atoms with van der Waals surface area (Å²) in [6.07, 6.45) is 0. The van der Waals surface area contributed by atoms with Crippen molar-refractivity contribution in [1.29, 1.82) is 0 Å². The number of hydrogen-bond donors (Lipinski definition) is 0. The number of nitrogens with zero attached hydrogens (tertiary/aromatic N) is 1. The summed E-state index contributed by atoms with van der Waals surface area (Å²) in [5.74, 6) is 0. The third-order valence-electron chi connectivity index (χ3n) is 0.420. The zero-order valence-corrected chi connectivity index (χ0v) is 5.24. The maximum atomic E-state index is 10.2. The third kappa shape index (κ3) is 1.60. The maximum Gasteiger partial charge on any atom is 0.155 e. The highest BCUT2D eigenvalue weighted by molar-refractivity contribution is 7.97. The molecule has 0 bridgehead atoms. The highest BCUT2D eigenvalue weighted by atomic mass is 32.3. The van der Waals surface area contributed by atoms with Gasteiger partial charge in [-0.15, -0.1) is 0 Å². The number of rotatable bonds is 0. The summed E-state index contributed by atoms with van der Waals surface area (Å²) >= 11 is -3.12. The van der Waals surface area contributed by atoms with E-state index in [1.54, 1.807) is 0 Å². The quantitative estimate of drug-likeness (QED) is 0.475. The van der Waals surface area contributed by atoms with Gasteiger partial charge in [-0.05, 0) is 0 Å². The van der Waals surface area contributed by atoms with E-state index in [4.69, 9.17) is 0 Å². The van der Waals surface area contributed by atoms with E-state index in [9.17, 15) is 8.42 Å². The van der Waals surface area contributed by atoms with Crippen LogP contribution in [0.1, 0.15) is 0 Å². The lowest BCUT2D eigenvalue weighted by molar-refractivity contribution is 0.256. The first-order chi connectivity index (χ1) is 3.79. The Hall–Kier alpha value is 0.180. The van der Waals surface area contributed by atoms with E-state index in [1.807, 2.05) is 0 Å². The van der Waals surface area contributed by atoms with Crippen LogP contribution in [0.5, 0.6) is 0 Å². The van der Waals surface area contributed by atoms with Crippen molar-refractivity contribution >= 4 is 22.2 Å². The van der Waals surface area contributed by atoms with Crippen molar-refractivity contribution in [3.63, 3.8) is 0 Å². The molecule has 1 rings (SSSR count). The van der Waals surface area contributed by atoms with Crippen molar-refractivity contribution < 1.29 is 17.0 Å². The highest BCUT2D eigenvalue weighted by Crippen LogP contribution is 2.07. The molecule has 8 heavy (non-hydrogen) atoms. The average Bonchev–Trinajstić information content (AvgIpc) is 1.64. The molecule has 2 unspecified atom stereocenters. The largest absolute Gasteiger partial charge is 0.375 e. The lowest BCUT2D eigenvalue weighted by Crippen LogP contribution is -2.13. The molecule has 5 nitrogen and oxygen atoms in total. The Bertz CT molecular complexity index is 120. The van der Waals surface area contributed by atoms with E-state index >= 15 is 0 Å². The Morgan fingerprint density at radius 2 is 1.75 bits per heavy atom. The Balaban J connectivity index is 2.45. The molecule has 1 aliphatic heterocycles. The van der Waals surface area contributed by atoms with E-state index in [0.717, 1.165) is 0 Å². The van der Waals surface area contributed by atoms with E-state index < -0.39 is 22.2 Å². The minimum Gasteiger partial charge on any atom is -0.375 e. The molecular formula is CH2NO4S2-. The van der Waals surface area contributed by atoms with Gasteiger partial charge in [-0.2, -0.15) is 0 Å². The van der Waals surface area contributed by atoms with Crippen LogP contribution in [0.3, 0.4) is 0 Å². The molecule has 0 amide bonds. The molecule has 1 heterocycles. The van der Waals surface area contributed by atoms with Crippen LogP contribution in [0.15, 0.2) is 0 Å². The van der Waals surface area contributed by atoms with Gasteiger partial charge in [-0.1, -0.05) is 0 Å². The zero-order valence-electron chi connectivity index (χ0n) is 3.60. The van der Waals surface area contributed by atoms with Crippen LogP contribution >= 0.6 is 0 Å². The molecule has 0 aromatic rings. The molecule has 1 fully saturated rings. The van der Waals surface area contributed by atoms with Crippen LogP contribution in [-0.2, 0) is 30.7 Å². The fraction of sp³-hybridized carbons (Fsp3) is 1.00. The minimum atomic E-state index is -1.56. The van der Waals surface area contributed by atoms with Crippen LogP contribution in [-0.4, -0.2) is 13.5 Å². The van der Waals surface area contributed by atoms with E-state index in [-0.39, 0.29) is 5.08 Å². The summed E-state index contributed by atoms with van der Waals surface area (Å²) in [5, 5.41) is -0.122. The summed E-state index contributed by atoms with van der Waals surface area (Å²) in [6, 6.07) is 0. The molecule has 0 radical (unpaired) electrons. The van der Waals surface area contributed by atoms with Crippen molar-refractivity contribution in [2.75, 3.05) is 5.08 Å². The fourth-order valence-corrected chi connectivity index (χ4v) is 1.41. The first-order valence-corrected chi connectivity index (χ1v) is 4.10. The monoisotopic (exact) mass is 156 g/mol. The summed E-state index contributed by atoms with van der Waals surface area (Å²) in [5.41, 5.74) is 2.74. The summed E-state index contributed by atoms with van der Waals surface area (Å²) in [7, 11) is 0. The molecule has 0 saturated carbocycles. The molecule has 7 heteroatoms. The predicted octanol–water partition coefficient (Wildman–Crippen LogP) is -0.478. The van der Waals surface area contributed by atoms with Crippen LogP contribution < -0.4 is 0 Å². The Labute approximate surface area is 50.6 Å². The van der Waals surface area contributed by atoms with E-state index in [2.05, 4.69) is 14.2 Å². The van der Waals surface area contributed by atoms with Gasteiger partial charge in [0.1, 0.15) is 5.08 Å². The second-order valence-electron chi connectivity index (χ2n) is 0.949. The van der Waals surface area contributed by atoms with Gasteiger partial charge in [0.25, 0.3) is 0 Å². The van der Waals surface area contributed by atoms with Gasteiger partial charge >= 0.3 is 0 Å². The summed E-state index contributed by atoms with van der Waals surface area (Å²) in [6.45, 7) is 0. The van der Waals surface area contributed by atoms with Crippen molar-refractivity contribution in [3.8, 4) is 0 Å². The molecule has 0 aromatic carbocycles. The van der Waals surface area contributed by atoms with Crippen LogP contribution in [0.25, 0.3) is 5.64 Å². The zero-order chi connectivity index (χ0) is 5.98. The molecule has 2 atom stereocenters. The Kier molecular flexibility index (Phi) is 2.08. The van der Waals surface area contributed by atoms with Gasteiger partial charge in [0.05, 0.1) is 0 Å². The second-order valence-corrected chi connectivity index (χ2v) is 3.40. The van der Waals surface area contributed by atoms with Crippen LogP contribution in [0, 0.1) is 0 Å². The molecule has 1 saturated heterocycles. The van der Waals surface area contributed by atoms with E-state index in [1.165, 1.54) is 0 Å². The van der Waals surface area contributed by atoms with Gasteiger partial charge in [-0.3, -0.25) is 0 Å². The smallest absolute Gasteiger partial charge is 0.155 e. The molecule has 1 aliphatic rings. The molecule has 0 N–H and O–H groups in total. The van der Waals surface area contributed by atoms with Gasteiger partial charge in [0.15, 0.2) is 22.2 Å². The maximum absolute atomic E-state index is 10.2. The van der Waals surface area contributed by atoms with Crippen LogP contribution in [0.2, 0.25) is 0 Å². The molecule has 0 aliphatic carbocycles. The average molecular weight is 156 g/mol. The standard InChI is InChI=1S/CH2NO4S2/c3-7-1-8(4)6-2-5-7/h1H2/q-1. The van der Waals surface area contributed by atoms with Gasteiger partial charge in [0.2, 0.25) is 0 Å². The van der Waals surface area contributed by atoms with Crippen molar-refractivity contribution in [2.45, 2.75) is 0 Å². The Morgan fingerprint density at radius 3 is 2.00 bits per heavy atom. The lowest BCUT2D eigenvalue weighted by atomic mass is 11.9. The van der Waals surface area contributed by atoms with Crippen molar-refractivity contribution in [1.82, 2.24) is 0 Å². The van der Waals surface area contributed by atoms with Gasteiger partial charge < -0.3 is 14.2 Å². The second kappa shape index (κ2) is 2.65. The molecule has 0 aromatic heterocycles. The first kappa shape index (κ1) is 6.30.